The van der Waals surface area contributed by atoms with E-state index >= 15 is 0 Å². The van der Waals surface area contributed by atoms with Crippen LogP contribution in [0.5, 0.6) is 0 Å². The summed E-state index contributed by atoms with van der Waals surface area (Å²) in [4.78, 5) is 32.4. The molecule has 0 aliphatic carbocycles. The SMILES string of the molecule is O=C(Nc1nc(-c2ccccc2)cs1)C1Cc2ccccc2CN1C(=O)OCc1ccccc1. The molecule has 1 aromatic heterocycles. The number of anilines is 1. The fourth-order valence-corrected chi connectivity index (χ4v) is 4.74. The maximum Gasteiger partial charge on any atom is 0.411 e. The highest BCUT2D eigenvalue weighted by molar-refractivity contribution is 7.14. The van der Waals surface area contributed by atoms with E-state index < -0.39 is 12.1 Å². The Morgan fingerprint density at radius 2 is 1.62 bits per heavy atom. The molecule has 1 N–H and O–H groups in total. The van der Waals surface area contributed by atoms with Gasteiger partial charge in [-0.05, 0) is 16.7 Å². The van der Waals surface area contributed by atoms with Crippen molar-refractivity contribution in [2.45, 2.75) is 25.6 Å². The second-order valence-electron chi connectivity index (χ2n) is 8.05. The molecule has 1 aliphatic rings. The summed E-state index contributed by atoms with van der Waals surface area (Å²) < 4.78 is 5.57. The van der Waals surface area contributed by atoms with Crippen molar-refractivity contribution in [2.24, 2.45) is 0 Å². The van der Waals surface area contributed by atoms with Gasteiger partial charge in [-0.25, -0.2) is 9.78 Å². The van der Waals surface area contributed by atoms with Crippen LogP contribution in [-0.4, -0.2) is 27.9 Å². The summed E-state index contributed by atoms with van der Waals surface area (Å²) in [5.74, 6) is -0.278. The standard InChI is InChI=1S/C27H23N3O3S/c31-25(29-26-28-23(18-34-26)20-11-5-2-6-12-20)24-15-21-13-7-8-14-22(21)16-30(24)27(32)33-17-19-9-3-1-4-10-19/h1-14,18,24H,15-17H2,(H,28,29,31). The number of carbonyl (C=O) groups is 2. The van der Waals surface area contributed by atoms with E-state index in [1.165, 1.54) is 16.2 Å². The molecule has 0 spiro atoms. The maximum absolute atomic E-state index is 13.3. The van der Waals surface area contributed by atoms with Gasteiger partial charge < -0.3 is 10.1 Å². The summed E-state index contributed by atoms with van der Waals surface area (Å²) in [6.07, 6.45) is -0.0954. The number of fused-ring (bicyclic) bond motifs is 1. The fourth-order valence-electron chi connectivity index (χ4n) is 4.01. The van der Waals surface area contributed by atoms with Crippen molar-refractivity contribution in [1.82, 2.24) is 9.88 Å². The molecular weight excluding hydrogens is 446 g/mol. The molecule has 2 amide bonds. The average Bonchev–Trinajstić information content (AvgIpc) is 3.36. The Balaban J connectivity index is 1.33. The number of nitrogens with one attached hydrogen (secondary N) is 1. The first-order valence-corrected chi connectivity index (χ1v) is 11.9. The lowest BCUT2D eigenvalue weighted by atomic mass is 9.94. The fraction of sp³-hybridized carbons (Fsp3) is 0.148. The smallest absolute Gasteiger partial charge is 0.411 e. The van der Waals surface area contributed by atoms with Gasteiger partial charge >= 0.3 is 6.09 Å². The van der Waals surface area contributed by atoms with E-state index in [-0.39, 0.29) is 12.5 Å². The molecule has 1 aliphatic heterocycles. The molecule has 6 nitrogen and oxygen atoms in total. The van der Waals surface area contributed by atoms with Gasteiger partial charge in [0.15, 0.2) is 5.13 Å². The quantitative estimate of drug-likeness (QED) is 0.418. The highest BCUT2D eigenvalue weighted by atomic mass is 32.1. The molecular formula is C27H23N3O3S. The number of aromatic nitrogens is 1. The summed E-state index contributed by atoms with van der Waals surface area (Å²) in [5.41, 5.74) is 4.75. The molecule has 0 saturated heterocycles. The highest BCUT2D eigenvalue weighted by Gasteiger charge is 2.36. The van der Waals surface area contributed by atoms with Crippen molar-refractivity contribution in [2.75, 3.05) is 5.32 Å². The monoisotopic (exact) mass is 469 g/mol. The molecule has 7 heteroatoms. The molecule has 5 rings (SSSR count). The van der Waals surface area contributed by atoms with Crippen LogP contribution in [0.15, 0.2) is 90.3 Å². The van der Waals surface area contributed by atoms with Gasteiger partial charge in [0.1, 0.15) is 12.6 Å². The van der Waals surface area contributed by atoms with E-state index in [9.17, 15) is 9.59 Å². The second kappa shape index (κ2) is 9.89. The molecule has 2 heterocycles. The Labute approximate surface area is 201 Å². The number of benzene rings is 3. The molecule has 3 aromatic carbocycles. The Bertz CT molecular complexity index is 1290. The summed E-state index contributed by atoms with van der Waals surface area (Å²) in [7, 11) is 0. The van der Waals surface area contributed by atoms with Gasteiger partial charge in [0.2, 0.25) is 5.91 Å². The summed E-state index contributed by atoms with van der Waals surface area (Å²) in [5, 5.41) is 5.32. The number of hydrogen-bond donors (Lipinski definition) is 1. The van der Waals surface area contributed by atoms with Crippen LogP contribution < -0.4 is 5.32 Å². The largest absolute Gasteiger partial charge is 0.445 e. The Hall–Kier alpha value is -3.97. The third kappa shape index (κ3) is 4.84. The maximum atomic E-state index is 13.3. The number of thiazole rings is 1. The predicted molar refractivity (Wildman–Crippen MR) is 132 cm³/mol. The number of ether oxygens (including phenoxy) is 1. The van der Waals surface area contributed by atoms with Crippen molar-refractivity contribution in [3.8, 4) is 11.3 Å². The predicted octanol–water partition coefficient (Wildman–Crippen LogP) is 5.51. The zero-order chi connectivity index (χ0) is 23.3. The Kier molecular flexibility index (Phi) is 6.35. The van der Waals surface area contributed by atoms with E-state index in [4.69, 9.17) is 4.74 Å². The van der Waals surface area contributed by atoms with Gasteiger partial charge in [0.05, 0.1) is 12.2 Å². The molecule has 170 valence electrons. The third-order valence-electron chi connectivity index (χ3n) is 5.79. The molecule has 0 bridgehead atoms. The van der Waals surface area contributed by atoms with Crippen LogP contribution in [0.1, 0.15) is 16.7 Å². The van der Waals surface area contributed by atoms with E-state index in [0.29, 0.717) is 18.1 Å². The summed E-state index contributed by atoms with van der Waals surface area (Å²) >= 11 is 1.36. The first-order valence-electron chi connectivity index (χ1n) is 11.0. The van der Waals surface area contributed by atoms with Gasteiger partial charge in [-0.3, -0.25) is 9.69 Å². The lowest BCUT2D eigenvalue weighted by Gasteiger charge is -2.35. The van der Waals surface area contributed by atoms with Crippen LogP contribution in [0, 0.1) is 0 Å². The molecule has 1 atom stereocenters. The van der Waals surface area contributed by atoms with E-state index in [0.717, 1.165) is 27.9 Å². The first-order chi connectivity index (χ1) is 16.7. The van der Waals surface area contributed by atoms with Gasteiger partial charge in [-0.1, -0.05) is 84.9 Å². The summed E-state index contributed by atoms with van der Waals surface area (Å²) in [6.45, 7) is 0.466. The number of nitrogens with zero attached hydrogens (tertiary/aromatic N) is 2. The van der Waals surface area contributed by atoms with Gasteiger partial charge in [-0.15, -0.1) is 11.3 Å². The van der Waals surface area contributed by atoms with Crippen LogP contribution in [0.25, 0.3) is 11.3 Å². The Morgan fingerprint density at radius 1 is 0.941 bits per heavy atom. The van der Waals surface area contributed by atoms with Crippen molar-refractivity contribution >= 4 is 28.5 Å². The second-order valence-corrected chi connectivity index (χ2v) is 8.91. The average molecular weight is 470 g/mol. The van der Waals surface area contributed by atoms with Crippen LogP contribution in [0.4, 0.5) is 9.93 Å². The van der Waals surface area contributed by atoms with Crippen molar-refractivity contribution in [1.29, 1.82) is 0 Å². The minimum absolute atomic E-state index is 0.152. The van der Waals surface area contributed by atoms with Gasteiger partial charge in [0, 0.05) is 17.4 Å². The number of amides is 2. The van der Waals surface area contributed by atoms with Gasteiger partial charge in [-0.2, -0.15) is 0 Å². The first kappa shape index (κ1) is 21.9. The lowest BCUT2D eigenvalue weighted by molar-refractivity contribution is -0.121. The number of carbonyl (C=O) groups excluding carboxylic acids is 2. The molecule has 0 radical (unpaired) electrons. The lowest BCUT2D eigenvalue weighted by Crippen LogP contribution is -2.50. The van der Waals surface area contributed by atoms with Crippen LogP contribution in [0.3, 0.4) is 0 Å². The van der Waals surface area contributed by atoms with Crippen molar-refractivity contribution in [3.63, 3.8) is 0 Å². The van der Waals surface area contributed by atoms with Crippen LogP contribution in [-0.2, 0) is 29.1 Å². The molecule has 0 fully saturated rings. The zero-order valence-corrected chi connectivity index (χ0v) is 19.2. The van der Waals surface area contributed by atoms with Crippen molar-refractivity contribution < 1.29 is 14.3 Å². The van der Waals surface area contributed by atoms with E-state index in [1.54, 1.807) is 0 Å². The molecule has 1 unspecified atom stereocenters. The van der Waals surface area contributed by atoms with Crippen LogP contribution >= 0.6 is 11.3 Å². The molecule has 34 heavy (non-hydrogen) atoms. The van der Waals surface area contributed by atoms with E-state index in [1.807, 2.05) is 90.3 Å². The minimum atomic E-state index is -0.692. The topological polar surface area (TPSA) is 71.5 Å². The highest BCUT2D eigenvalue weighted by Crippen LogP contribution is 2.28. The van der Waals surface area contributed by atoms with Gasteiger partial charge in [0.25, 0.3) is 0 Å². The molecule has 0 saturated carbocycles. The zero-order valence-electron chi connectivity index (χ0n) is 18.4. The number of hydrogen-bond acceptors (Lipinski definition) is 5. The summed E-state index contributed by atoms with van der Waals surface area (Å²) in [6, 6.07) is 26.5. The van der Waals surface area contributed by atoms with Crippen LogP contribution in [0.2, 0.25) is 0 Å². The normalized spacial score (nSPS) is 14.8. The van der Waals surface area contributed by atoms with E-state index in [2.05, 4.69) is 10.3 Å². The third-order valence-corrected chi connectivity index (χ3v) is 6.55. The Morgan fingerprint density at radius 3 is 2.38 bits per heavy atom. The number of rotatable bonds is 5. The molecule has 4 aromatic rings. The minimum Gasteiger partial charge on any atom is -0.445 e. The van der Waals surface area contributed by atoms with Crippen molar-refractivity contribution in [3.05, 3.63) is 107 Å².